The van der Waals surface area contributed by atoms with Crippen molar-refractivity contribution < 1.29 is 14.6 Å². The maximum Gasteiger partial charge on any atom is 0.251 e. The zero-order chi connectivity index (χ0) is 13.9. The van der Waals surface area contributed by atoms with Crippen LogP contribution in [0, 0.1) is 0 Å². The fraction of sp³-hybridized carbons (Fsp3) is 0.462. The van der Waals surface area contributed by atoms with E-state index in [2.05, 4.69) is 5.32 Å². The Morgan fingerprint density at radius 2 is 2.16 bits per heavy atom. The van der Waals surface area contributed by atoms with Crippen molar-refractivity contribution in [1.82, 2.24) is 5.32 Å². The molecule has 0 radical (unpaired) electrons. The van der Waals surface area contributed by atoms with Crippen molar-refractivity contribution >= 4 is 23.2 Å². The van der Waals surface area contributed by atoms with E-state index in [1.165, 1.54) is 6.07 Å². The van der Waals surface area contributed by atoms with Gasteiger partial charge in [0.25, 0.3) is 5.91 Å². The molecule has 1 aromatic carbocycles. The summed E-state index contributed by atoms with van der Waals surface area (Å²) in [6.07, 6.45) is 1.05. The predicted octanol–water partition coefficient (Wildman–Crippen LogP) is 1.19. The van der Waals surface area contributed by atoms with Gasteiger partial charge in [-0.1, -0.05) is 11.6 Å². The van der Waals surface area contributed by atoms with Crippen LogP contribution in [0.3, 0.4) is 0 Å². The topological polar surface area (TPSA) is 84.6 Å². The molecule has 5 nitrogen and oxygen atoms in total. The zero-order valence-electron chi connectivity index (χ0n) is 10.5. The van der Waals surface area contributed by atoms with E-state index in [4.69, 9.17) is 22.1 Å². The molecule has 2 rings (SSSR count). The lowest BCUT2D eigenvalue weighted by Gasteiger charge is -2.32. The Labute approximate surface area is 116 Å². The van der Waals surface area contributed by atoms with Crippen molar-refractivity contribution in [3.8, 4) is 0 Å². The molecule has 1 saturated heterocycles. The molecule has 6 heteroatoms. The molecular weight excluding hydrogens is 268 g/mol. The number of hydrogen-bond acceptors (Lipinski definition) is 4. The number of nitrogen functional groups attached to an aromatic ring is 1. The van der Waals surface area contributed by atoms with Crippen LogP contribution in [-0.2, 0) is 4.74 Å². The molecular formula is C13H17ClN2O3. The monoisotopic (exact) mass is 284 g/mol. The molecule has 1 aromatic rings. The third-order valence-corrected chi connectivity index (χ3v) is 3.60. The highest BCUT2D eigenvalue weighted by Crippen LogP contribution is 2.21. The lowest BCUT2D eigenvalue weighted by Crippen LogP contribution is -2.46. The summed E-state index contributed by atoms with van der Waals surface area (Å²) in [5, 5.41) is 13.4. The highest BCUT2D eigenvalue weighted by Gasteiger charge is 2.30. The minimum absolute atomic E-state index is 0.206. The second-order valence-corrected chi connectivity index (χ2v) is 5.16. The summed E-state index contributed by atoms with van der Waals surface area (Å²) in [5.74, 6) is -0.275. The van der Waals surface area contributed by atoms with Gasteiger partial charge >= 0.3 is 0 Å². The van der Waals surface area contributed by atoms with Gasteiger partial charge in [0.15, 0.2) is 0 Å². The lowest BCUT2D eigenvalue weighted by atomic mass is 9.94. The maximum atomic E-state index is 11.9. The fourth-order valence-electron chi connectivity index (χ4n) is 1.96. The number of nitrogens with two attached hydrogens (primary N) is 1. The lowest BCUT2D eigenvalue weighted by molar-refractivity contribution is -0.0605. The van der Waals surface area contributed by atoms with Gasteiger partial charge in [-0.05, 0) is 18.2 Å². The Bertz CT molecular complexity index is 473. The predicted molar refractivity (Wildman–Crippen MR) is 73.2 cm³/mol. The number of ether oxygens (including phenoxy) is 1. The first kappa shape index (κ1) is 14.1. The highest BCUT2D eigenvalue weighted by atomic mass is 35.5. The summed E-state index contributed by atoms with van der Waals surface area (Å²) in [7, 11) is 0. The minimum Gasteiger partial charge on any atom is -0.398 e. The van der Waals surface area contributed by atoms with Crippen LogP contribution in [0.15, 0.2) is 18.2 Å². The number of amides is 1. The van der Waals surface area contributed by atoms with E-state index in [0.29, 0.717) is 42.3 Å². The molecule has 0 aromatic heterocycles. The normalized spacial score (nSPS) is 18.0. The van der Waals surface area contributed by atoms with Crippen LogP contribution in [-0.4, -0.2) is 36.4 Å². The number of halogens is 1. The van der Waals surface area contributed by atoms with Crippen LogP contribution < -0.4 is 11.1 Å². The Morgan fingerprint density at radius 3 is 2.79 bits per heavy atom. The van der Waals surface area contributed by atoms with Gasteiger partial charge in [0.2, 0.25) is 0 Å². The van der Waals surface area contributed by atoms with Crippen molar-refractivity contribution in [3.63, 3.8) is 0 Å². The average molecular weight is 285 g/mol. The van der Waals surface area contributed by atoms with E-state index in [0.717, 1.165) is 0 Å². The molecule has 0 atom stereocenters. The molecule has 19 heavy (non-hydrogen) atoms. The number of carbonyl (C=O) groups excluding carboxylic acids is 1. The molecule has 4 N–H and O–H groups in total. The largest absolute Gasteiger partial charge is 0.398 e. The van der Waals surface area contributed by atoms with Gasteiger partial charge in [0.05, 0.1) is 16.3 Å². The van der Waals surface area contributed by atoms with Crippen molar-refractivity contribution in [1.29, 1.82) is 0 Å². The Balaban J connectivity index is 1.95. The summed E-state index contributed by atoms with van der Waals surface area (Å²) in [4.78, 5) is 11.9. The Hall–Kier alpha value is -1.30. The average Bonchev–Trinajstić information content (AvgIpc) is 2.40. The van der Waals surface area contributed by atoms with Crippen molar-refractivity contribution in [3.05, 3.63) is 28.8 Å². The molecule has 0 spiro atoms. The number of rotatable bonds is 3. The second kappa shape index (κ2) is 5.77. The molecule has 0 saturated carbocycles. The van der Waals surface area contributed by atoms with Crippen LogP contribution in [0.2, 0.25) is 5.02 Å². The second-order valence-electron chi connectivity index (χ2n) is 4.76. The molecule has 1 amide bonds. The summed E-state index contributed by atoms with van der Waals surface area (Å²) in [6.45, 7) is 1.23. The molecule has 104 valence electrons. The maximum absolute atomic E-state index is 11.9. The van der Waals surface area contributed by atoms with Gasteiger partial charge in [-0.2, -0.15) is 0 Å². The van der Waals surface area contributed by atoms with Gasteiger partial charge in [-0.15, -0.1) is 0 Å². The minimum atomic E-state index is -0.883. The number of carbonyl (C=O) groups is 1. The molecule has 1 aliphatic rings. The van der Waals surface area contributed by atoms with E-state index >= 15 is 0 Å². The van der Waals surface area contributed by atoms with Crippen molar-refractivity contribution in [2.45, 2.75) is 18.4 Å². The zero-order valence-corrected chi connectivity index (χ0v) is 11.2. The molecule has 1 aliphatic heterocycles. The van der Waals surface area contributed by atoms with Crippen LogP contribution in [0.1, 0.15) is 23.2 Å². The van der Waals surface area contributed by atoms with E-state index < -0.39 is 5.60 Å². The number of benzene rings is 1. The van der Waals surface area contributed by atoms with Crippen LogP contribution in [0.25, 0.3) is 0 Å². The fourth-order valence-corrected chi connectivity index (χ4v) is 2.08. The number of anilines is 1. The van der Waals surface area contributed by atoms with Gasteiger partial charge < -0.3 is 20.9 Å². The molecule has 0 bridgehead atoms. The quantitative estimate of drug-likeness (QED) is 0.728. The van der Waals surface area contributed by atoms with Crippen molar-refractivity contribution in [2.75, 3.05) is 25.5 Å². The molecule has 0 aliphatic carbocycles. The van der Waals surface area contributed by atoms with E-state index in [-0.39, 0.29) is 12.5 Å². The number of aliphatic hydroxyl groups is 1. The van der Waals surface area contributed by atoms with Crippen LogP contribution in [0.4, 0.5) is 5.69 Å². The first-order valence-electron chi connectivity index (χ1n) is 6.13. The first-order chi connectivity index (χ1) is 9.00. The van der Waals surface area contributed by atoms with E-state index in [1.807, 2.05) is 0 Å². The SMILES string of the molecule is Nc1cc(C(=O)NCC2(O)CCOCC2)ccc1Cl. The van der Waals surface area contributed by atoms with Crippen LogP contribution >= 0.6 is 11.6 Å². The third kappa shape index (κ3) is 3.59. The molecule has 1 heterocycles. The van der Waals surface area contributed by atoms with Crippen molar-refractivity contribution in [2.24, 2.45) is 0 Å². The number of nitrogens with one attached hydrogen (secondary N) is 1. The van der Waals surface area contributed by atoms with Gasteiger partial charge in [-0.25, -0.2) is 0 Å². The summed E-state index contributed by atoms with van der Waals surface area (Å²) in [6, 6.07) is 4.70. The molecule has 0 unspecified atom stereocenters. The summed E-state index contributed by atoms with van der Waals surface area (Å²) < 4.78 is 5.18. The highest BCUT2D eigenvalue weighted by molar-refractivity contribution is 6.33. The summed E-state index contributed by atoms with van der Waals surface area (Å²) in [5.41, 5.74) is 5.55. The smallest absolute Gasteiger partial charge is 0.251 e. The van der Waals surface area contributed by atoms with Gasteiger partial charge in [0.1, 0.15) is 0 Å². The van der Waals surface area contributed by atoms with Crippen LogP contribution in [0.5, 0.6) is 0 Å². The molecule has 1 fully saturated rings. The first-order valence-corrected chi connectivity index (χ1v) is 6.51. The van der Waals surface area contributed by atoms with E-state index in [1.54, 1.807) is 12.1 Å². The summed E-state index contributed by atoms with van der Waals surface area (Å²) >= 11 is 5.80. The van der Waals surface area contributed by atoms with Gasteiger partial charge in [0, 0.05) is 38.2 Å². The van der Waals surface area contributed by atoms with E-state index in [9.17, 15) is 9.90 Å². The third-order valence-electron chi connectivity index (χ3n) is 3.26. The standard InChI is InChI=1S/C13H17ClN2O3/c14-10-2-1-9(7-11(10)15)12(17)16-8-13(18)3-5-19-6-4-13/h1-2,7,18H,3-6,8,15H2,(H,16,17). The Morgan fingerprint density at radius 1 is 1.47 bits per heavy atom. The number of hydrogen-bond donors (Lipinski definition) is 3. The Kier molecular flexibility index (Phi) is 4.29. The van der Waals surface area contributed by atoms with Gasteiger partial charge in [-0.3, -0.25) is 4.79 Å².